The van der Waals surface area contributed by atoms with Gasteiger partial charge in [0.2, 0.25) is 15.9 Å². The topological polar surface area (TPSA) is 179 Å². The fourth-order valence-electron chi connectivity index (χ4n) is 5.20. The molecule has 2 aromatic heterocycles. The van der Waals surface area contributed by atoms with Crippen molar-refractivity contribution < 1.29 is 46.1 Å². The molecular weight excluding hydrogens is 663 g/mol. The molecule has 0 aliphatic carbocycles. The molecule has 1 aromatic carbocycles. The molecule has 0 spiro atoms. The van der Waals surface area contributed by atoms with Crippen LogP contribution in [-0.2, 0) is 24.2 Å². The number of ether oxygens (including phenoxy) is 4. The smallest absolute Gasteiger partial charge is 0.415 e. The van der Waals surface area contributed by atoms with Gasteiger partial charge in [0.25, 0.3) is 0 Å². The summed E-state index contributed by atoms with van der Waals surface area (Å²) < 4.78 is 63.0. The third-order valence-corrected chi connectivity index (χ3v) is 8.61. The predicted octanol–water partition coefficient (Wildman–Crippen LogP) is 5.42. The van der Waals surface area contributed by atoms with E-state index in [4.69, 9.17) is 18.9 Å². The molecule has 2 N–H and O–H groups in total. The second-order valence-corrected chi connectivity index (χ2v) is 15.7. The van der Waals surface area contributed by atoms with Gasteiger partial charge < -0.3 is 18.9 Å². The van der Waals surface area contributed by atoms with Crippen molar-refractivity contribution in [2.45, 2.75) is 65.8 Å². The molecule has 1 fully saturated rings. The molecule has 2 aliphatic heterocycles. The number of hydrogen-bond donors (Lipinski definition) is 2. The maximum Gasteiger partial charge on any atom is 0.415 e. The third kappa shape index (κ3) is 8.10. The van der Waals surface area contributed by atoms with Crippen LogP contribution in [0.4, 0.5) is 36.0 Å². The van der Waals surface area contributed by atoms with Crippen molar-refractivity contribution in [1.82, 2.24) is 14.3 Å². The molecule has 17 heteroatoms. The highest BCUT2D eigenvalue weighted by atomic mass is 32.2. The van der Waals surface area contributed by atoms with Gasteiger partial charge in [-0.2, -0.15) is 4.31 Å². The highest BCUT2D eigenvalue weighted by molar-refractivity contribution is 7.88. The summed E-state index contributed by atoms with van der Waals surface area (Å²) in [4.78, 5) is 48.7. The lowest BCUT2D eigenvalue weighted by Crippen LogP contribution is -2.55. The van der Waals surface area contributed by atoms with Crippen LogP contribution in [0.15, 0.2) is 24.5 Å². The second-order valence-electron chi connectivity index (χ2n) is 13.7. The van der Waals surface area contributed by atoms with Crippen molar-refractivity contribution in [3.05, 3.63) is 35.9 Å². The first-order chi connectivity index (χ1) is 22.7. The SMILES string of the molecule is Cc1c(-c2cc3cc(NC(=O)OC4CN(S(C)(=O)=O)C4)ncc3c(NC(=O)OC(C)(C)C)c2F)cnc2c1N(C(=O)OC(C)(C)C)CCO2. The molecule has 4 heterocycles. The lowest BCUT2D eigenvalue weighted by Gasteiger charge is -2.36. The van der Waals surface area contributed by atoms with Crippen molar-refractivity contribution in [2.24, 2.45) is 0 Å². The first kappa shape index (κ1) is 35.5. The molecule has 15 nitrogen and oxygen atoms in total. The number of rotatable bonds is 5. The van der Waals surface area contributed by atoms with Crippen molar-refractivity contribution in [3.8, 4) is 17.0 Å². The summed E-state index contributed by atoms with van der Waals surface area (Å²) in [5.74, 6) is -0.611. The van der Waals surface area contributed by atoms with Crippen LogP contribution in [0.3, 0.4) is 0 Å². The van der Waals surface area contributed by atoms with E-state index in [0.717, 1.165) is 6.26 Å². The van der Waals surface area contributed by atoms with Crippen LogP contribution in [0.25, 0.3) is 21.9 Å². The maximum absolute atomic E-state index is 16.6. The zero-order chi connectivity index (χ0) is 36.1. The number of anilines is 3. The van der Waals surface area contributed by atoms with Crippen LogP contribution in [0.2, 0.25) is 0 Å². The normalized spacial score (nSPS) is 15.5. The molecule has 0 bridgehead atoms. The minimum absolute atomic E-state index is 0.0103. The summed E-state index contributed by atoms with van der Waals surface area (Å²) in [5, 5.41) is 5.56. The van der Waals surface area contributed by atoms with Crippen LogP contribution in [0.1, 0.15) is 47.1 Å². The fourth-order valence-corrected chi connectivity index (χ4v) is 6.08. The Morgan fingerprint density at radius 1 is 0.959 bits per heavy atom. The number of carbonyl (C=O) groups excluding carboxylic acids is 3. The zero-order valence-corrected chi connectivity index (χ0v) is 29.3. The van der Waals surface area contributed by atoms with Crippen LogP contribution >= 0.6 is 0 Å². The van der Waals surface area contributed by atoms with E-state index in [0.29, 0.717) is 16.6 Å². The molecule has 0 atom stereocenters. The third-order valence-electron chi connectivity index (χ3n) is 7.37. The Kier molecular flexibility index (Phi) is 9.37. The van der Waals surface area contributed by atoms with Crippen LogP contribution in [0.5, 0.6) is 5.88 Å². The zero-order valence-electron chi connectivity index (χ0n) is 28.5. The minimum atomic E-state index is -3.39. The quantitative estimate of drug-likeness (QED) is 0.325. The molecule has 264 valence electrons. The maximum atomic E-state index is 16.6. The van der Waals surface area contributed by atoms with Gasteiger partial charge in [0, 0.05) is 28.9 Å². The van der Waals surface area contributed by atoms with Gasteiger partial charge in [-0.05, 0) is 71.5 Å². The van der Waals surface area contributed by atoms with E-state index in [2.05, 4.69) is 20.6 Å². The van der Waals surface area contributed by atoms with Gasteiger partial charge in [-0.15, -0.1) is 0 Å². The fraction of sp³-hybridized carbons (Fsp3) is 0.469. The first-order valence-corrected chi connectivity index (χ1v) is 17.2. The van der Waals surface area contributed by atoms with Gasteiger partial charge >= 0.3 is 18.3 Å². The molecule has 3 aromatic rings. The molecule has 5 rings (SSSR count). The van der Waals surface area contributed by atoms with E-state index >= 15 is 4.39 Å². The summed E-state index contributed by atoms with van der Waals surface area (Å²) in [5.41, 5.74) is -0.835. The number of fused-ring (bicyclic) bond motifs is 2. The van der Waals surface area contributed by atoms with E-state index in [-0.39, 0.29) is 60.1 Å². The van der Waals surface area contributed by atoms with Crippen LogP contribution in [-0.4, -0.2) is 90.8 Å². The van der Waals surface area contributed by atoms with Gasteiger partial charge in [0.15, 0.2) is 5.82 Å². The number of nitrogens with zero attached hydrogens (tertiary/aromatic N) is 4. The summed E-state index contributed by atoms with van der Waals surface area (Å²) in [6.07, 6.45) is 0.715. The molecule has 49 heavy (non-hydrogen) atoms. The number of benzene rings is 1. The second kappa shape index (κ2) is 12.9. The van der Waals surface area contributed by atoms with Crippen LogP contribution in [0, 0.1) is 12.7 Å². The monoisotopic (exact) mass is 702 g/mol. The lowest BCUT2D eigenvalue weighted by atomic mass is 9.96. The number of hydrogen-bond acceptors (Lipinski definition) is 11. The summed E-state index contributed by atoms with van der Waals surface area (Å²) in [6.45, 7) is 12.3. The molecule has 0 unspecified atom stereocenters. The van der Waals surface area contributed by atoms with Gasteiger partial charge in [0.05, 0.1) is 31.6 Å². The van der Waals surface area contributed by atoms with Gasteiger partial charge in [-0.1, -0.05) is 0 Å². The van der Waals surface area contributed by atoms with Crippen molar-refractivity contribution in [3.63, 3.8) is 0 Å². The Morgan fingerprint density at radius 2 is 1.63 bits per heavy atom. The Balaban J connectivity index is 1.54. The lowest BCUT2D eigenvalue weighted by molar-refractivity contribution is 0.0349. The summed E-state index contributed by atoms with van der Waals surface area (Å²) >= 11 is 0. The highest BCUT2D eigenvalue weighted by Crippen LogP contribution is 2.42. The number of sulfonamides is 1. The number of pyridine rings is 2. The van der Waals surface area contributed by atoms with Crippen molar-refractivity contribution >= 4 is 56.3 Å². The van der Waals surface area contributed by atoms with E-state index in [1.807, 2.05) is 0 Å². The molecule has 0 radical (unpaired) electrons. The number of aromatic nitrogens is 2. The molecule has 1 saturated heterocycles. The summed E-state index contributed by atoms with van der Waals surface area (Å²) in [6, 6.07) is 2.96. The average molecular weight is 703 g/mol. The van der Waals surface area contributed by atoms with Gasteiger partial charge in [-0.25, -0.2) is 37.2 Å². The Morgan fingerprint density at radius 3 is 2.27 bits per heavy atom. The number of halogens is 1. The van der Waals surface area contributed by atoms with Gasteiger partial charge in [0.1, 0.15) is 35.4 Å². The van der Waals surface area contributed by atoms with E-state index < -0.39 is 51.4 Å². The van der Waals surface area contributed by atoms with Crippen LogP contribution < -0.4 is 20.3 Å². The van der Waals surface area contributed by atoms with E-state index in [1.165, 1.54) is 33.7 Å². The first-order valence-electron chi connectivity index (χ1n) is 15.4. The number of carbonyl (C=O) groups is 3. The molecule has 0 saturated carbocycles. The minimum Gasteiger partial charge on any atom is -0.474 e. The highest BCUT2D eigenvalue weighted by Gasteiger charge is 2.36. The molecular formula is C32H39FN6O9S. The van der Waals surface area contributed by atoms with E-state index in [1.54, 1.807) is 48.5 Å². The predicted molar refractivity (Wildman–Crippen MR) is 179 cm³/mol. The van der Waals surface area contributed by atoms with E-state index in [9.17, 15) is 22.8 Å². The molecule has 2 aliphatic rings. The standard InChI is InChI=1S/C32H39FN6O9S/c1-17-21(13-35-27-26(17)39(9-10-45-27)30(42)48-32(5,6)7)20-11-18-12-23(36-28(40)46-19-15-38(16-19)49(8,43)44)34-14-22(18)25(24(20)33)37-29(41)47-31(2,3)4/h11-14,19H,9-10,15-16H2,1-8H3,(H,37,41)(H,34,36,40). The largest absolute Gasteiger partial charge is 0.474 e. The summed E-state index contributed by atoms with van der Waals surface area (Å²) in [7, 11) is -3.39. The molecule has 3 amide bonds. The van der Waals surface area contributed by atoms with Crippen molar-refractivity contribution in [2.75, 3.05) is 48.0 Å². The van der Waals surface area contributed by atoms with Crippen molar-refractivity contribution in [1.29, 1.82) is 0 Å². The Bertz CT molecular complexity index is 1940. The Hall–Kier alpha value is -4.77. The Labute approximate surface area is 283 Å². The number of amides is 3. The number of nitrogens with one attached hydrogen (secondary N) is 2. The average Bonchev–Trinajstić information content (AvgIpc) is 2.93. The van der Waals surface area contributed by atoms with Gasteiger partial charge in [-0.3, -0.25) is 15.5 Å².